The third kappa shape index (κ3) is 2.61. The van der Waals surface area contributed by atoms with E-state index >= 15 is 0 Å². The molecule has 0 aliphatic carbocycles. The van der Waals surface area contributed by atoms with Crippen LogP contribution in [0.5, 0.6) is 0 Å². The minimum Gasteiger partial charge on any atom is -0.354 e. The zero-order valence-electron chi connectivity index (χ0n) is 10.8. The first-order valence-electron chi connectivity index (χ1n) is 6.37. The summed E-state index contributed by atoms with van der Waals surface area (Å²) in [5.41, 5.74) is 0.535. The van der Waals surface area contributed by atoms with Crippen molar-refractivity contribution in [3.05, 3.63) is 23.9 Å². The summed E-state index contributed by atoms with van der Waals surface area (Å²) in [5, 5.41) is 8.71. The summed E-state index contributed by atoms with van der Waals surface area (Å²) < 4.78 is 14.1. The van der Waals surface area contributed by atoms with Crippen LogP contribution in [0.15, 0.2) is 18.3 Å². The number of anilines is 1. The minimum atomic E-state index is -0.795. The van der Waals surface area contributed by atoms with Crippen molar-refractivity contribution in [2.45, 2.75) is 26.4 Å². The van der Waals surface area contributed by atoms with Gasteiger partial charge in [0.05, 0.1) is 12.1 Å². The van der Waals surface area contributed by atoms with Crippen molar-refractivity contribution < 1.29 is 4.39 Å². The van der Waals surface area contributed by atoms with Gasteiger partial charge in [-0.3, -0.25) is 0 Å². The number of aromatic nitrogens is 1. The molecule has 0 bridgehead atoms. The number of hydrogen-bond donors (Lipinski definition) is 0. The van der Waals surface area contributed by atoms with E-state index in [1.807, 2.05) is 11.0 Å². The van der Waals surface area contributed by atoms with E-state index in [1.165, 1.54) is 6.20 Å². The molecule has 4 heteroatoms. The van der Waals surface area contributed by atoms with Gasteiger partial charge in [-0.15, -0.1) is 0 Å². The molecule has 18 heavy (non-hydrogen) atoms. The Hall–Kier alpha value is -1.63. The van der Waals surface area contributed by atoms with Gasteiger partial charge in [-0.2, -0.15) is 5.26 Å². The first kappa shape index (κ1) is 12.8. The number of pyridine rings is 1. The van der Waals surface area contributed by atoms with Crippen molar-refractivity contribution in [1.29, 1.82) is 5.26 Å². The van der Waals surface area contributed by atoms with Gasteiger partial charge in [0.2, 0.25) is 0 Å². The first-order valence-corrected chi connectivity index (χ1v) is 6.37. The van der Waals surface area contributed by atoms with E-state index < -0.39 is 6.17 Å². The van der Waals surface area contributed by atoms with Crippen LogP contribution in [-0.4, -0.2) is 24.2 Å². The van der Waals surface area contributed by atoms with E-state index in [-0.39, 0.29) is 5.92 Å². The molecule has 2 heterocycles. The van der Waals surface area contributed by atoms with Gasteiger partial charge in [0, 0.05) is 12.7 Å². The SMILES string of the molecule is CC(C)C1CCN(c2ccc(C#N)cn2)CC1F. The molecule has 2 atom stereocenters. The van der Waals surface area contributed by atoms with Crippen LogP contribution in [0.4, 0.5) is 10.2 Å². The average molecular weight is 247 g/mol. The van der Waals surface area contributed by atoms with Crippen LogP contribution in [-0.2, 0) is 0 Å². The van der Waals surface area contributed by atoms with Crippen molar-refractivity contribution >= 4 is 5.82 Å². The summed E-state index contributed by atoms with van der Waals surface area (Å²) in [5.74, 6) is 1.30. The van der Waals surface area contributed by atoms with Crippen LogP contribution < -0.4 is 4.90 Å². The molecule has 96 valence electrons. The summed E-state index contributed by atoms with van der Waals surface area (Å²) in [6.07, 6.45) is 1.61. The van der Waals surface area contributed by atoms with Crippen LogP contribution in [0.1, 0.15) is 25.8 Å². The quantitative estimate of drug-likeness (QED) is 0.806. The molecule has 1 aliphatic heterocycles. The average Bonchev–Trinajstić information content (AvgIpc) is 2.38. The number of hydrogen-bond acceptors (Lipinski definition) is 3. The Labute approximate surface area is 107 Å². The molecule has 0 amide bonds. The fraction of sp³-hybridized carbons (Fsp3) is 0.571. The fourth-order valence-corrected chi connectivity index (χ4v) is 2.52. The van der Waals surface area contributed by atoms with Gasteiger partial charge in [0.25, 0.3) is 0 Å². The predicted octanol–water partition coefficient (Wildman–Crippen LogP) is 2.77. The normalized spacial score (nSPS) is 24.1. The molecule has 2 rings (SSSR count). The van der Waals surface area contributed by atoms with Crippen molar-refractivity contribution in [1.82, 2.24) is 4.98 Å². The fourth-order valence-electron chi connectivity index (χ4n) is 2.52. The maximum absolute atomic E-state index is 14.1. The maximum Gasteiger partial charge on any atom is 0.128 e. The Morgan fingerprint density at radius 1 is 1.50 bits per heavy atom. The zero-order valence-corrected chi connectivity index (χ0v) is 10.8. The van der Waals surface area contributed by atoms with E-state index in [2.05, 4.69) is 18.8 Å². The molecule has 1 aliphatic rings. The number of rotatable bonds is 2. The van der Waals surface area contributed by atoms with Crippen molar-refractivity contribution in [2.75, 3.05) is 18.0 Å². The first-order chi connectivity index (χ1) is 8.61. The van der Waals surface area contributed by atoms with E-state index in [9.17, 15) is 4.39 Å². The predicted molar refractivity (Wildman–Crippen MR) is 69.0 cm³/mol. The number of piperidine rings is 1. The lowest BCUT2D eigenvalue weighted by Crippen LogP contribution is -2.43. The Bertz CT molecular complexity index is 435. The van der Waals surface area contributed by atoms with Crippen LogP contribution in [0.2, 0.25) is 0 Å². The summed E-state index contributed by atoms with van der Waals surface area (Å²) in [6.45, 7) is 5.39. The zero-order chi connectivity index (χ0) is 13.1. The number of halogens is 1. The van der Waals surface area contributed by atoms with E-state index in [0.29, 0.717) is 18.0 Å². The van der Waals surface area contributed by atoms with Gasteiger partial charge in [-0.1, -0.05) is 13.8 Å². The molecule has 0 radical (unpaired) electrons. The molecule has 0 N–H and O–H groups in total. The molecule has 2 unspecified atom stereocenters. The second-order valence-electron chi connectivity index (χ2n) is 5.18. The number of nitrogens with zero attached hydrogens (tertiary/aromatic N) is 3. The third-order valence-electron chi connectivity index (χ3n) is 3.65. The molecule has 0 spiro atoms. The minimum absolute atomic E-state index is 0.152. The van der Waals surface area contributed by atoms with Gasteiger partial charge in [0.15, 0.2) is 0 Å². The topological polar surface area (TPSA) is 39.9 Å². The van der Waals surface area contributed by atoms with E-state index in [0.717, 1.165) is 18.8 Å². The van der Waals surface area contributed by atoms with E-state index in [1.54, 1.807) is 12.1 Å². The highest BCUT2D eigenvalue weighted by Gasteiger charge is 2.31. The molecular weight excluding hydrogens is 229 g/mol. The molecule has 1 aromatic heterocycles. The number of alkyl halides is 1. The highest BCUT2D eigenvalue weighted by atomic mass is 19.1. The molecular formula is C14H18FN3. The summed E-state index contributed by atoms with van der Waals surface area (Å²) in [4.78, 5) is 6.18. The second-order valence-corrected chi connectivity index (χ2v) is 5.18. The lowest BCUT2D eigenvalue weighted by molar-refractivity contribution is 0.153. The van der Waals surface area contributed by atoms with Crippen molar-refractivity contribution in [3.63, 3.8) is 0 Å². The van der Waals surface area contributed by atoms with Gasteiger partial charge in [-0.05, 0) is 30.4 Å². The van der Waals surface area contributed by atoms with Gasteiger partial charge in [-0.25, -0.2) is 9.37 Å². The highest BCUT2D eigenvalue weighted by molar-refractivity contribution is 5.42. The van der Waals surface area contributed by atoms with Crippen molar-refractivity contribution in [3.8, 4) is 6.07 Å². The molecule has 3 nitrogen and oxygen atoms in total. The smallest absolute Gasteiger partial charge is 0.128 e. The monoisotopic (exact) mass is 247 g/mol. The highest BCUT2D eigenvalue weighted by Crippen LogP contribution is 2.29. The standard InChI is InChI=1S/C14H18FN3/c1-10(2)12-5-6-18(9-13(12)15)14-4-3-11(7-16)8-17-14/h3-4,8,10,12-13H,5-6,9H2,1-2H3. The summed E-state index contributed by atoms with van der Waals surface area (Å²) in [6, 6.07) is 5.55. The largest absolute Gasteiger partial charge is 0.354 e. The summed E-state index contributed by atoms with van der Waals surface area (Å²) >= 11 is 0. The van der Waals surface area contributed by atoms with Gasteiger partial charge < -0.3 is 4.90 Å². The molecule has 1 fully saturated rings. The molecule has 0 saturated carbocycles. The lowest BCUT2D eigenvalue weighted by atomic mass is 9.85. The van der Waals surface area contributed by atoms with Gasteiger partial charge >= 0.3 is 0 Å². The third-order valence-corrected chi connectivity index (χ3v) is 3.65. The summed E-state index contributed by atoms with van der Waals surface area (Å²) in [7, 11) is 0. The van der Waals surface area contributed by atoms with E-state index in [4.69, 9.17) is 5.26 Å². The Morgan fingerprint density at radius 2 is 2.28 bits per heavy atom. The van der Waals surface area contributed by atoms with Crippen LogP contribution >= 0.6 is 0 Å². The molecule has 1 saturated heterocycles. The van der Waals surface area contributed by atoms with Crippen LogP contribution in [0.25, 0.3) is 0 Å². The molecule has 1 aromatic rings. The second kappa shape index (κ2) is 5.34. The van der Waals surface area contributed by atoms with Gasteiger partial charge in [0.1, 0.15) is 18.1 Å². The van der Waals surface area contributed by atoms with Crippen LogP contribution in [0, 0.1) is 23.2 Å². The maximum atomic E-state index is 14.1. The number of nitriles is 1. The lowest BCUT2D eigenvalue weighted by Gasteiger charge is -2.37. The Balaban J connectivity index is 2.05. The Morgan fingerprint density at radius 3 is 2.78 bits per heavy atom. The Kier molecular flexibility index (Phi) is 3.81. The van der Waals surface area contributed by atoms with Crippen LogP contribution in [0.3, 0.4) is 0 Å². The molecule has 0 aromatic carbocycles. The van der Waals surface area contributed by atoms with Crippen molar-refractivity contribution in [2.24, 2.45) is 11.8 Å².